The summed E-state index contributed by atoms with van der Waals surface area (Å²) in [5.41, 5.74) is -0.516. The van der Waals surface area contributed by atoms with Gasteiger partial charge in [-0.3, -0.25) is 4.79 Å². The number of thioether (sulfide) groups is 1. The van der Waals surface area contributed by atoms with Gasteiger partial charge in [-0.1, -0.05) is 13.0 Å². The van der Waals surface area contributed by atoms with Gasteiger partial charge < -0.3 is 4.74 Å². The maximum Gasteiger partial charge on any atom is 0.315 e. The van der Waals surface area contributed by atoms with E-state index >= 15 is 0 Å². The molecule has 1 unspecified atom stereocenters. The lowest BCUT2D eigenvalue weighted by molar-refractivity contribution is -0.151. The second kappa shape index (κ2) is 6.93. The van der Waals surface area contributed by atoms with Crippen molar-refractivity contribution in [1.82, 2.24) is 0 Å². The minimum atomic E-state index is -0.516. The Labute approximate surface area is 91.1 Å². The van der Waals surface area contributed by atoms with E-state index < -0.39 is 5.41 Å². The highest BCUT2D eigenvalue weighted by Gasteiger charge is 2.30. The number of carbonyl (C=O) groups excluding carboxylic acids is 1. The van der Waals surface area contributed by atoms with Crippen molar-refractivity contribution in [3.05, 3.63) is 12.7 Å². The molecule has 0 bridgehead atoms. The van der Waals surface area contributed by atoms with Crippen molar-refractivity contribution in [2.24, 2.45) is 5.41 Å². The van der Waals surface area contributed by atoms with Crippen molar-refractivity contribution in [2.75, 3.05) is 18.1 Å². The number of ether oxygens (including phenoxy) is 1. The Kier molecular flexibility index (Phi) is 6.71. The summed E-state index contributed by atoms with van der Waals surface area (Å²) < 4.78 is 5.01. The maximum absolute atomic E-state index is 11.6. The predicted molar refractivity (Wildman–Crippen MR) is 62.6 cm³/mol. The molecular formula is C11H20O2S. The van der Waals surface area contributed by atoms with E-state index in [1.165, 1.54) is 0 Å². The van der Waals surface area contributed by atoms with Crippen LogP contribution < -0.4 is 0 Å². The molecule has 0 spiro atoms. The molecule has 0 aromatic heterocycles. The average Bonchev–Trinajstić information content (AvgIpc) is 2.18. The molecule has 0 heterocycles. The molecule has 0 aliphatic rings. The third-order valence-electron chi connectivity index (χ3n) is 2.16. The van der Waals surface area contributed by atoms with Crippen LogP contribution in [-0.4, -0.2) is 24.1 Å². The fourth-order valence-corrected chi connectivity index (χ4v) is 1.87. The van der Waals surface area contributed by atoms with Crippen molar-refractivity contribution < 1.29 is 9.53 Å². The smallest absolute Gasteiger partial charge is 0.315 e. The number of esters is 1. The van der Waals surface area contributed by atoms with Gasteiger partial charge in [0.1, 0.15) is 0 Å². The van der Waals surface area contributed by atoms with Crippen molar-refractivity contribution in [3.63, 3.8) is 0 Å². The van der Waals surface area contributed by atoms with Gasteiger partial charge in [0.15, 0.2) is 0 Å². The van der Waals surface area contributed by atoms with E-state index in [4.69, 9.17) is 4.74 Å². The first kappa shape index (κ1) is 13.6. The average molecular weight is 216 g/mol. The van der Waals surface area contributed by atoms with Crippen LogP contribution in [0.15, 0.2) is 12.7 Å². The highest BCUT2D eigenvalue weighted by Crippen LogP contribution is 2.26. The molecule has 0 N–H and O–H groups in total. The minimum Gasteiger partial charge on any atom is -0.465 e. The first-order valence-electron chi connectivity index (χ1n) is 4.99. The van der Waals surface area contributed by atoms with Gasteiger partial charge in [-0.2, -0.15) is 11.8 Å². The number of hydrogen-bond donors (Lipinski definition) is 0. The molecule has 0 fully saturated rings. The van der Waals surface area contributed by atoms with Crippen LogP contribution in [0.3, 0.4) is 0 Å². The van der Waals surface area contributed by atoms with Gasteiger partial charge in [-0.05, 0) is 31.8 Å². The molecule has 1 atom stereocenters. The molecular weight excluding hydrogens is 196 g/mol. The van der Waals surface area contributed by atoms with Gasteiger partial charge in [0.2, 0.25) is 0 Å². The number of hydrogen-bond acceptors (Lipinski definition) is 3. The molecule has 14 heavy (non-hydrogen) atoms. The Morgan fingerprint density at radius 1 is 1.57 bits per heavy atom. The Bertz CT molecular complexity index is 192. The molecule has 2 nitrogen and oxygen atoms in total. The van der Waals surface area contributed by atoms with E-state index in [2.05, 4.69) is 13.5 Å². The van der Waals surface area contributed by atoms with Crippen molar-refractivity contribution in [1.29, 1.82) is 0 Å². The van der Waals surface area contributed by atoms with Crippen LogP contribution in [0, 0.1) is 5.41 Å². The van der Waals surface area contributed by atoms with Crippen LogP contribution in [0.1, 0.15) is 27.2 Å². The first-order chi connectivity index (χ1) is 6.60. The third-order valence-corrected chi connectivity index (χ3v) is 3.06. The highest BCUT2D eigenvalue weighted by molar-refractivity contribution is 7.99. The fourth-order valence-electron chi connectivity index (χ4n) is 1.01. The van der Waals surface area contributed by atoms with Crippen LogP contribution in [0.4, 0.5) is 0 Å². The monoisotopic (exact) mass is 216 g/mol. The molecule has 0 aliphatic heterocycles. The topological polar surface area (TPSA) is 26.3 Å². The van der Waals surface area contributed by atoms with Crippen LogP contribution >= 0.6 is 11.8 Å². The third kappa shape index (κ3) is 4.18. The van der Waals surface area contributed by atoms with Crippen LogP contribution in [-0.2, 0) is 9.53 Å². The summed E-state index contributed by atoms with van der Waals surface area (Å²) in [6.07, 6.45) is 2.50. The van der Waals surface area contributed by atoms with Crippen LogP contribution in [0.5, 0.6) is 0 Å². The SMILES string of the molecule is C=CC(C)(CCSCC)C(=O)OCC. The summed E-state index contributed by atoms with van der Waals surface area (Å²) in [4.78, 5) is 11.6. The Morgan fingerprint density at radius 3 is 2.64 bits per heavy atom. The largest absolute Gasteiger partial charge is 0.465 e. The normalized spacial score (nSPS) is 14.5. The van der Waals surface area contributed by atoms with E-state index in [-0.39, 0.29) is 5.97 Å². The molecule has 0 aromatic rings. The molecule has 0 rings (SSSR count). The van der Waals surface area contributed by atoms with E-state index in [1.54, 1.807) is 6.08 Å². The number of carbonyl (C=O) groups is 1. The van der Waals surface area contributed by atoms with Gasteiger partial charge in [-0.15, -0.1) is 6.58 Å². The van der Waals surface area contributed by atoms with Crippen molar-refractivity contribution in [2.45, 2.75) is 27.2 Å². The predicted octanol–water partition coefficient (Wildman–Crippen LogP) is 2.89. The van der Waals surface area contributed by atoms with Crippen molar-refractivity contribution >= 4 is 17.7 Å². The summed E-state index contributed by atoms with van der Waals surface area (Å²) >= 11 is 1.83. The lowest BCUT2D eigenvalue weighted by atomic mass is 9.88. The summed E-state index contributed by atoms with van der Waals surface area (Å²) in [5, 5.41) is 0. The van der Waals surface area contributed by atoms with Gasteiger partial charge >= 0.3 is 5.97 Å². The minimum absolute atomic E-state index is 0.160. The van der Waals surface area contributed by atoms with E-state index in [0.29, 0.717) is 6.61 Å². The lowest BCUT2D eigenvalue weighted by Crippen LogP contribution is -2.28. The Balaban J connectivity index is 4.16. The zero-order valence-electron chi connectivity index (χ0n) is 9.34. The maximum atomic E-state index is 11.6. The molecule has 0 amide bonds. The second-order valence-corrected chi connectivity index (χ2v) is 4.68. The lowest BCUT2D eigenvalue weighted by Gasteiger charge is -2.22. The van der Waals surface area contributed by atoms with E-state index in [9.17, 15) is 4.79 Å². The Morgan fingerprint density at radius 2 is 2.21 bits per heavy atom. The van der Waals surface area contributed by atoms with E-state index in [0.717, 1.165) is 17.9 Å². The summed E-state index contributed by atoms with van der Waals surface area (Å²) in [5.74, 6) is 1.89. The standard InChI is InChI=1S/C11H20O2S/c1-5-11(4,8-9-14-7-3)10(12)13-6-2/h5H,1,6-9H2,2-4H3. The molecule has 0 saturated heterocycles. The van der Waals surface area contributed by atoms with Crippen molar-refractivity contribution in [3.8, 4) is 0 Å². The molecule has 0 aliphatic carbocycles. The quantitative estimate of drug-likeness (QED) is 0.372. The first-order valence-corrected chi connectivity index (χ1v) is 6.14. The zero-order chi connectivity index (χ0) is 11.0. The van der Waals surface area contributed by atoms with E-state index in [1.807, 2.05) is 25.6 Å². The van der Waals surface area contributed by atoms with Gasteiger partial charge in [0.05, 0.1) is 12.0 Å². The van der Waals surface area contributed by atoms with Gasteiger partial charge in [0, 0.05) is 0 Å². The second-order valence-electron chi connectivity index (χ2n) is 3.29. The Hall–Kier alpha value is -0.440. The van der Waals surface area contributed by atoms with Gasteiger partial charge in [-0.25, -0.2) is 0 Å². The van der Waals surface area contributed by atoms with Gasteiger partial charge in [0.25, 0.3) is 0 Å². The molecule has 0 radical (unpaired) electrons. The molecule has 0 aromatic carbocycles. The fraction of sp³-hybridized carbons (Fsp3) is 0.727. The number of rotatable bonds is 7. The molecule has 0 saturated carbocycles. The molecule has 3 heteroatoms. The zero-order valence-corrected chi connectivity index (χ0v) is 10.2. The summed E-state index contributed by atoms with van der Waals surface area (Å²) in [6.45, 7) is 9.95. The summed E-state index contributed by atoms with van der Waals surface area (Å²) in [7, 11) is 0. The summed E-state index contributed by atoms with van der Waals surface area (Å²) in [6, 6.07) is 0. The van der Waals surface area contributed by atoms with Crippen LogP contribution in [0.2, 0.25) is 0 Å². The highest BCUT2D eigenvalue weighted by atomic mass is 32.2. The van der Waals surface area contributed by atoms with Crippen LogP contribution in [0.25, 0.3) is 0 Å². The molecule has 82 valence electrons.